The Hall–Kier alpha value is -0.910. The second-order valence-corrected chi connectivity index (χ2v) is 5.77. The van der Waals surface area contributed by atoms with E-state index in [-0.39, 0.29) is 18.3 Å². The third-order valence-electron chi connectivity index (χ3n) is 3.01. The number of nitrogens with two attached hydrogens (primary N) is 1. The summed E-state index contributed by atoms with van der Waals surface area (Å²) < 4.78 is 30.1. The Bertz CT molecular complexity index is 292. The molecular formula is C12H22F2N2O2. The third kappa shape index (κ3) is 4.40. The van der Waals surface area contributed by atoms with Gasteiger partial charge in [0.25, 0.3) is 0 Å². The number of likely N-dealkylation sites (tertiary alicyclic amines) is 1. The van der Waals surface area contributed by atoms with Crippen molar-refractivity contribution in [3.05, 3.63) is 0 Å². The zero-order chi connectivity index (χ0) is 13.9. The van der Waals surface area contributed by atoms with E-state index in [2.05, 4.69) is 0 Å². The van der Waals surface area contributed by atoms with Gasteiger partial charge in [-0.25, -0.2) is 13.6 Å². The Morgan fingerprint density at radius 2 is 1.94 bits per heavy atom. The van der Waals surface area contributed by atoms with Crippen LogP contribution in [0.2, 0.25) is 0 Å². The van der Waals surface area contributed by atoms with Crippen LogP contribution in [0.1, 0.15) is 27.2 Å². The normalized spacial score (nSPS) is 24.7. The molecule has 0 aromatic heterocycles. The fourth-order valence-corrected chi connectivity index (χ4v) is 2.18. The Morgan fingerprint density at radius 1 is 1.39 bits per heavy atom. The second kappa shape index (κ2) is 5.82. The predicted molar refractivity (Wildman–Crippen MR) is 64.5 cm³/mol. The fourth-order valence-electron chi connectivity index (χ4n) is 2.18. The lowest BCUT2D eigenvalue weighted by Gasteiger charge is -2.24. The van der Waals surface area contributed by atoms with E-state index in [0.717, 1.165) is 0 Å². The van der Waals surface area contributed by atoms with Gasteiger partial charge in [-0.3, -0.25) is 0 Å². The molecule has 1 amide bonds. The third-order valence-corrected chi connectivity index (χ3v) is 3.01. The van der Waals surface area contributed by atoms with Crippen molar-refractivity contribution in [2.24, 2.45) is 17.6 Å². The summed E-state index contributed by atoms with van der Waals surface area (Å²) in [6.45, 7) is 6.36. The zero-order valence-corrected chi connectivity index (χ0v) is 11.2. The van der Waals surface area contributed by atoms with Crippen molar-refractivity contribution in [2.45, 2.75) is 39.2 Å². The molecule has 0 aromatic rings. The van der Waals surface area contributed by atoms with Gasteiger partial charge in [-0.1, -0.05) is 0 Å². The minimum atomic E-state index is -2.36. The van der Waals surface area contributed by atoms with Gasteiger partial charge in [-0.15, -0.1) is 0 Å². The van der Waals surface area contributed by atoms with E-state index in [9.17, 15) is 13.6 Å². The van der Waals surface area contributed by atoms with Crippen LogP contribution in [0, 0.1) is 11.8 Å². The Balaban J connectivity index is 2.58. The minimum absolute atomic E-state index is 0.0634. The predicted octanol–water partition coefficient (Wildman–Crippen LogP) is 2.08. The number of halogens is 2. The summed E-state index contributed by atoms with van der Waals surface area (Å²) in [5.74, 6) is -0.297. The average Bonchev–Trinajstić information content (AvgIpc) is 2.57. The van der Waals surface area contributed by atoms with E-state index in [4.69, 9.17) is 10.5 Å². The molecule has 18 heavy (non-hydrogen) atoms. The SMILES string of the molecule is CC(C)(C)OC(=O)N1CC(CN)C(CC(F)F)C1. The summed E-state index contributed by atoms with van der Waals surface area (Å²) in [6.07, 6.45) is -3.01. The minimum Gasteiger partial charge on any atom is -0.444 e. The van der Waals surface area contributed by atoms with E-state index in [1.807, 2.05) is 0 Å². The molecule has 2 unspecified atom stereocenters. The van der Waals surface area contributed by atoms with E-state index < -0.39 is 18.1 Å². The lowest BCUT2D eigenvalue weighted by Crippen LogP contribution is -2.35. The molecule has 0 saturated carbocycles. The summed E-state index contributed by atoms with van der Waals surface area (Å²) in [6, 6.07) is 0. The molecule has 106 valence electrons. The highest BCUT2D eigenvalue weighted by Gasteiger charge is 2.37. The molecule has 0 radical (unpaired) electrons. The van der Waals surface area contributed by atoms with Crippen LogP contribution >= 0.6 is 0 Å². The molecule has 0 bridgehead atoms. The number of carbonyl (C=O) groups excluding carboxylic acids is 1. The number of carbonyl (C=O) groups is 1. The van der Waals surface area contributed by atoms with Crippen molar-refractivity contribution in [2.75, 3.05) is 19.6 Å². The second-order valence-electron chi connectivity index (χ2n) is 5.77. The highest BCUT2D eigenvalue weighted by molar-refractivity contribution is 5.68. The van der Waals surface area contributed by atoms with Crippen molar-refractivity contribution < 1.29 is 18.3 Å². The maximum atomic E-state index is 12.4. The Morgan fingerprint density at radius 3 is 2.39 bits per heavy atom. The van der Waals surface area contributed by atoms with Crippen LogP contribution in [0.15, 0.2) is 0 Å². The zero-order valence-electron chi connectivity index (χ0n) is 11.2. The van der Waals surface area contributed by atoms with Crippen molar-refractivity contribution in [1.82, 2.24) is 4.90 Å². The molecule has 2 N–H and O–H groups in total. The van der Waals surface area contributed by atoms with E-state index in [0.29, 0.717) is 19.6 Å². The number of nitrogens with zero attached hydrogens (tertiary/aromatic N) is 1. The van der Waals surface area contributed by atoms with Gasteiger partial charge in [0.2, 0.25) is 6.43 Å². The van der Waals surface area contributed by atoms with Gasteiger partial charge in [-0.05, 0) is 39.2 Å². The molecule has 1 aliphatic rings. The summed E-state index contributed by atoms with van der Waals surface area (Å²) in [7, 11) is 0. The van der Waals surface area contributed by atoms with Gasteiger partial charge in [0.15, 0.2) is 0 Å². The maximum absolute atomic E-state index is 12.4. The fraction of sp³-hybridized carbons (Fsp3) is 0.917. The van der Waals surface area contributed by atoms with Crippen LogP contribution in [0.5, 0.6) is 0 Å². The number of rotatable bonds is 3. The molecule has 1 aliphatic heterocycles. The van der Waals surface area contributed by atoms with Crippen LogP contribution in [0.25, 0.3) is 0 Å². The molecule has 0 spiro atoms. The van der Waals surface area contributed by atoms with Gasteiger partial charge in [0, 0.05) is 19.5 Å². The smallest absolute Gasteiger partial charge is 0.410 e. The van der Waals surface area contributed by atoms with Crippen LogP contribution in [0.4, 0.5) is 13.6 Å². The molecule has 6 heteroatoms. The topological polar surface area (TPSA) is 55.6 Å². The Kier molecular flexibility index (Phi) is 4.90. The van der Waals surface area contributed by atoms with Gasteiger partial charge >= 0.3 is 6.09 Å². The number of amides is 1. The van der Waals surface area contributed by atoms with Crippen LogP contribution in [-0.2, 0) is 4.74 Å². The number of hydrogen-bond donors (Lipinski definition) is 1. The summed E-state index contributed by atoms with van der Waals surface area (Å²) in [4.78, 5) is 13.3. The number of hydrogen-bond acceptors (Lipinski definition) is 3. The quantitative estimate of drug-likeness (QED) is 0.849. The van der Waals surface area contributed by atoms with Gasteiger partial charge < -0.3 is 15.4 Å². The van der Waals surface area contributed by atoms with Gasteiger partial charge in [0.05, 0.1) is 0 Å². The molecule has 4 nitrogen and oxygen atoms in total. The number of ether oxygens (including phenoxy) is 1. The first kappa shape index (κ1) is 15.1. The maximum Gasteiger partial charge on any atom is 0.410 e. The summed E-state index contributed by atoms with van der Waals surface area (Å²) >= 11 is 0. The highest BCUT2D eigenvalue weighted by Crippen LogP contribution is 2.29. The van der Waals surface area contributed by atoms with E-state index >= 15 is 0 Å². The lowest BCUT2D eigenvalue weighted by atomic mass is 9.93. The van der Waals surface area contributed by atoms with Crippen molar-refractivity contribution in [3.63, 3.8) is 0 Å². The molecule has 1 saturated heterocycles. The van der Waals surface area contributed by atoms with Crippen molar-refractivity contribution in [1.29, 1.82) is 0 Å². The molecule has 2 atom stereocenters. The van der Waals surface area contributed by atoms with Crippen LogP contribution in [-0.4, -0.2) is 42.7 Å². The molecule has 1 heterocycles. The monoisotopic (exact) mass is 264 g/mol. The molecular weight excluding hydrogens is 242 g/mol. The first-order valence-electron chi connectivity index (χ1n) is 6.19. The van der Waals surface area contributed by atoms with Crippen LogP contribution in [0.3, 0.4) is 0 Å². The first-order valence-corrected chi connectivity index (χ1v) is 6.19. The molecule has 0 aromatic carbocycles. The summed E-state index contributed by atoms with van der Waals surface area (Å²) in [5, 5.41) is 0. The van der Waals surface area contributed by atoms with Gasteiger partial charge in [0.1, 0.15) is 5.60 Å². The van der Waals surface area contributed by atoms with Crippen molar-refractivity contribution >= 4 is 6.09 Å². The first-order chi connectivity index (χ1) is 8.23. The Labute approximate surface area is 106 Å². The molecule has 0 aliphatic carbocycles. The largest absolute Gasteiger partial charge is 0.444 e. The summed E-state index contributed by atoms with van der Waals surface area (Å²) in [5.41, 5.74) is 4.99. The standard InChI is InChI=1S/C12H22F2N2O2/c1-12(2,3)18-11(17)16-6-8(4-10(13)14)9(5-15)7-16/h8-10H,4-7,15H2,1-3H3. The highest BCUT2D eigenvalue weighted by atomic mass is 19.3. The lowest BCUT2D eigenvalue weighted by molar-refractivity contribution is 0.0277. The molecule has 1 fully saturated rings. The average molecular weight is 264 g/mol. The van der Waals surface area contributed by atoms with E-state index in [1.165, 1.54) is 4.90 Å². The number of alkyl halides is 2. The van der Waals surface area contributed by atoms with Gasteiger partial charge in [-0.2, -0.15) is 0 Å². The van der Waals surface area contributed by atoms with E-state index in [1.54, 1.807) is 20.8 Å². The molecule has 1 rings (SSSR count). The van der Waals surface area contributed by atoms with Crippen molar-refractivity contribution in [3.8, 4) is 0 Å². The van der Waals surface area contributed by atoms with Crippen LogP contribution < -0.4 is 5.73 Å².